The van der Waals surface area contributed by atoms with Gasteiger partial charge in [0, 0.05) is 10.6 Å². The van der Waals surface area contributed by atoms with Crippen LogP contribution in [-0.2, 0) is 4.79 Å². The lowest BCUT2D eigenvalue weighted by molar-refractivity contribution is -0.123. The lowest BCUT2D eigenvalue weighted by atomic mass is 10.0. The third-order valence-corrected chi connectivity index (χ3v) is 4.97. The first-order valence-corrected chi connectivity index (χ1v) is 11.5. The largest absolute Gasteiger partial charge is 0.490 e. The molecule has 0 bridgehead atoms. The first-order valence-electron chi connectivity index (χ1n) is 11.1. The molecule has 1 unspecified atom stereocenters. The fourth-order valence-electron chi connectivity index (χ4n) is 2.95. The summed E-state index contributed by atoms with van der Waals surface area (Å²) in [6, 6.07) is 11.3. The van der Waals surface area contributed by atoms with Crippen LogP contribution < -0.4 is 20.2 Å². The van der Waals surface area contributed by atoms with Crippen molar-refractivity contribution in [2.75, 3.05) is 13.2 Å². The van der Waals surface area contributed by atoms with Gasteiger partial charge >= 0.3 is 0 Å². The highest BCUT2D eigenvalue weighted by molar-refractivity contribution is 6.31. The van der Waals surface area contributed by atoms with Crippen LogP contribution >= 0.6 is 11.6 Å². The van der Waals surface area contributed by atoms with Crippen LogP contribution in [0.4, 0.5) is 0 Å². The zero-order chi connectivity index (χ0) is 24.2. The fourth-order valence-corrected chi connectivity index (χ4v) is 3.14. The van der Waals surface area contributed by atoms with E-state index in [0.717, 1.165) is 18.4 Å². The van der Waals surface area contributed by atoms with E-state index >= 15 is 0 Å². The highest BCUT2D eigenvalue weighted by Gasteiger charge is 2.24. The van der Waals surface area contributed by atoms with Gasteiger partial charge in [0.1, 0.15) is 6.04 Å². The summed E-state index contributed by atoms with van der Waals surface area (Å²) in [5.41, 5.74) is 3.63. The van der Waals surface area contributed by atoms with Gasteiger partial charge in [-0.1, -0.05) is 44.9 Å². The second-order valence-corrected chi connectivity index (χ2v) is 8.22. The van der Waals surface area contributed by atoms with Gasteiger partial charge in [0.25, 0.3) is 11.8 Å². The molecule has 7 nitrogen and oxygen atoms in total. The number of hydrogen-bond acceptors (Lipinski definition) is 5. The van der Waals surface area contributed by atoms with Crippen molar-refractivity contribution < 1.29 is 19.1 Å². The average molecular weight is 474 g/mol. The van der Waals surface area contributed by atoms with Crippen molar-refractivity contribution in [2.45, 2.75) is 46.6 Å². The Kier molecular flexibility index (Phi) is 10.7. The molecule has 0 radical (unpaired) electrons. The van der Waals surface area contributed by atoms with Crippen LogP contribution in [0.15, 0.2) is 47.6 Å². The number of nitrogens with one attached hydrogen (secondary N) is 2. The van der Waals surface area contributed by atoms with Gasteiger partial charge in [0.15, 0.2) is 11.5 Å². The van der Waals surface area contributed by atoms with E-state index < -0.39 is 11.9 Å². The summed E-state index contributed by atoms with van der Waals surface area (Å²) in [7, 11) is 0. The van der Waals surface area contributed by atoms with Crippen LogP contribution in [0.5, 0.6) is 11.5 Å². The minimum atomic E-state index is -0.762. The van der Waals surface area contributed by atoms with Gasteiger partial charge in [-0.05, 0) is 61.2 Å². The standard InChI is InChI=1S/C25H32ClN3O4/c1-5-7-13-33-21-12-11-18(14-22(21)32-6-2)16-27-29-25(31)23(17(3)4)28-24(30)19-9-8-10-20(26)15-19/h8-12,14-17,23H,5-7,13H2,1-4H3,(H,28,30)(H,29,31)/b27-16-. The Bertz CT molecular complexity index is 962. The summed E-state index contributed by atoms with van der Waals surface area (Å²) in [5, 5.41) is 7.25. The smallest absolute Gasteiger partial charge is 0.262 e. The molecule has 0 aliphatic rings. The normalized spacial score (nSPS) is 11.9. The van der Waals surface area contributed by atoms with Crippen molar-refractivity contribution in [1.82, 2.24) is 10.7 Å². The van der Waals surface area contributed by atoms with E-state index in [1.165, 1.54) is 6.21 Å². The molecule has 178 valence electrons. The first-order chi connectivity index (χ1) is 15.8. The van der Waals surface area contributed by atoms with Gasteiger partial charge in [-0.3, -0.25) is 9.59 Å². The van der Waals surface area contributed by atoms with E-state index in [-0.39, 0.29) is 11.8 Å². The molecular weight excluding hydrogens is 442 g/mol. The van der Waals surface area contributed by atoms with Crippen molar-refractivity contribution in [2.24, 2.45) is 11.0 Å². The molecular formula is C25H32ClN3O4. The Hall–Kier alpha value is -3.06. The van der Waals surface area contributed by atoms with Gasteiger partial charge < -0.3 is 14.8 Å². The second kappa shape index (κ2) is 13.5. The summed E-state index contributed by atoms with van der Waals surface area (Å²) in [5.74, 6) is 0.358. The Morgan fingerprint density at radius 2 is 1.88 bits per heavy atom. The Morgan fingerprint density at radius 3 is 2.55 bits per heavy atom. The third-order valence-electron chi connectivity index (χ3n) is 4.73. The predicted molar refractivity (Wildman–Crippen MR) is 131 cm³/mol. The molecule has 0 saturated carbocycles. The summed E-state index contributed by atoms with van der Waals surface area (Å²) in [6.07, 6.45) is 3.53. The van der Waals surface area contributed by atoms with E-state index in [1.807, 2.05) is 32.9 Å². The molecule has 2 amide bonds. The number of carbonyl (C=O) groups excluding carboxylic acids is 2. The number of benzene rings is 2. The van der Waals surface area contributed by atoms with Crippen LogP contribution in [0.3, 0.4) is 0 Å². The van der Waals surface area contributed by atoms with E-state index in [2.05, 4.69) is 22.8 Å². The molecule has 0 aromatic heterocycles. The molecule has 0 aliphatic carbocycles. The Balaban J connectivity index is 2.03. The topological polar surface area (TPSA) is 89.0 Å². The summed E-state index contributed by atoms with van der Waals surface area (Å²) < 4.78 is 11.4. The molecule has 1 atom stereocenters. The molecule has 2 aromatic rings. The predicted octanol–water partition coefficient (Wildman–Crippen LogP) is 4.82. The van der Waals surface area contributed by atoms with Crippen LogP contribution in [0.1, 0.15) is 56.5 Å². The number of amides is 2. The minimum absolute atomic E-state index is 0.146. The number of halogens is 1. The minimum Gasteiger partial charge on any atom is -0.490 e. The van der Waals surface area contributed by atoms with Crippen molar-refractivity contribution in [1.29, 1.82) is 0 Å². The zero-order valence-electron chi connectivity index (χ0n) is 19.6. The SMILES string of the molecule is CCCCOc1ccc(/C=N\NC(=O)C(NC(=O)c2cccc(Cl)c2)C(C)C)cc1OCC. The fraction of sp³-hybridized carbons (Fsp3) is 0.400. The molecule has 2 rings (SSSR count). The zero-order valence-corrected chi connectivity index (χ0v) is 20.3. The number of carbonyl (C=O) groups is 2. The summed E-state index contributed by atoms with van der Waals surface area (Å²) in [4.78, 5) is 25.2. The van der Waals surface area contributed by atoms with Gasteiger partial charge in [-0.25, -0.2) is 5.43 Å². The van der Waals surface area contributed by atoms with E-state index in [9.17, 15) is 9.59 Å². The monoisotopic (exact) mass is 473 g/mol. The average Bonchev–Trinajstić information content (AvgIpc) is 2.78. The van der Waals surface area contributed by atoms with Crippen molar-refractivity contribution >= 4 is 29.6 Å². The highest BCUT2D eigenvalue weighted by atomic mass is 35.5. The maximum Gasteiger partial charge on any atom is 0.262 e. The van der Waals surface area contributed by atoms with E-state index in [4.69, 9.17) is 21.1 Å². The van der Waals surface area contributed by atoms with Crippen molar-refractivity contribution in [3.63, 3.8) is 0 Å². The molecule has 0 saturated heterocycles. The first kappa shape index (κ1) is 26.2. The molecule has 0 heterocycles. The summed E-state index contributed by atoms with van der Waals surface area (Å²) >= 11 is 5.95. The number of rotatable bonds is 12. The van der Waals surface area contributed by atoms with Gasteiger partial charge in [-0.2, -0.15) is 5.10 Å². The number of hydrogen-bond donors (Lipinski definition) is 2. The van der Waals surface area contributed by atoms with E-state index in [0.29, 0.717) is 35.3 Å². The lowest BCUT2D eigenvalue weighted by Gasteiger charge is -2.20. The van der Waals surface area contributed by atoms with Crippen molar-refractivity contribution in [3.05, 3.63) is 58.6 Å². The lowest BCUT2D eigenvalue weighted by Crippen LogP contribution is -2.48. The molecule has 0 spiro atoms. The molecule has 33 heavy (non-hydrogen) atoms. The Morgan fingerprint density at radius 1 is 1.09 bits per heavy atom. The van der Waals surface area contributed by atoms with Gasteiger partial charge in [0.05, 0.1) is 19.4 Å². The maximum absolute atomic E-state index is 12.7. The molecule has 2 aromatic carbocycles. The quantitative estimate of drug-likeness (QED) is 0.262. The third kappa shape index (κ3) is 8.42. The molecule has 0 aliphatic heterocycles. The number of nitrogens with zero attached hydrogens (tertiary/aromatic N) is 1. The second-order valence-electron chi connectivity index (χ2n) is 7.78. The van der Waals surface area contributed by atoms with Crippen LogP contribution in [0.2, 0.25) is 5.02 Å². The highest BCUT2D eigenvalue weighted by Crippen LogP contribution is 2.28. The van der Waals surface area contributed by atoms with Crippen LogP contribution in [-0.4, -0.2) is 37.3 Å². The van der Waals surface area contributed by atoms with Gasteiger partial charge in [0.2, 0.25) is 0 Å². The molecule has 0 fully saturated rings. The summed E-state index contributed by atoms with van der Waals surface area (Å²) in [6.45, 7) is 8.82. The molecule has 8 heteroatoms. The van der Waals surface area contributed by atoms with E-state index in [1.54, 1.807) is 30.3 Å². The number of unbranched alkanes of at least 4 members (excludes halogenated alkanes) is 1. The van der Waals surface area contributed by atoms with Crippen molar-refractivity contribution in [3.8, 4) is 11.5 Å². The maximum atomic E-state index is 12.7. The number of ether oxygens (including phenoxy) is 2. The van der Waals surface area contributed by atoms with Crippen LogP contribution in [0.25, 0.3) is 0 Å². The molecule has 2 N–H and O–H groups in total. The van der Waals surface area contributed by atoms with Gasteiger partial charge in [-0.15, -0.1) is 0 Å². The van der Waals surface area contributed by atoms with Crippen LogP contribution in [0, 0.1) is 5.92 Å². The Labute approximate surface area is 200 Å². The number of hydrazone groups is 1.